The first-order valence-corrected chi connectivity index (χ1v) is 13.1. The van der Waals surface area contributed by atoms with Gasteiger partial charge in [0.1, 0.15) is 6.61 Å². The van der Waals surface area contributed by atoms with Crippen LogP contribution in [-0.2, 0) is 17.8 Å². The molecule has 4 aliphatic rings. The van der Waals surface area contributed by atoms with Gasteiger partial charge in [-0.15, -0.1) is 0 Å². The van der Waals surface area contributed by atoms with Crippen LogP contribution >= 0.6 is 0 Å². The monoisotopic (exact) mass is 454 g/mol. The van der Waals surface area contributed by atoms with Gasteiger partial charge in [-0.1, -0.05) is 36.3 Å². The molecule has 6 heteroatoms. The van der Waals surface area contributed by atoms with Crippen molar-refractivity contribution in [1.82, 2.24) is 15.0 Å². The summed E-state index contributed by atoms with van der Waals surface area (Å²) in [5.41, 5.74) is 3.69. The second kappa shape index (κ2) is 8.83. The smallest absolute Gasteiger partial charge is 0.230 e. The van der Waals surface area contributed by atoms with E-state index in [0.29, 0.717) is 42.1 Å². The van der Waals surface area contributed by atoms with Gasteiger partial charge < -0.3 is 14.3 Å². The molecule has 0 radical (unpaired) electrons. The number of hydrogen-bond acceptors (Lipinski definition) is 6. The van der Waals surface area contributed by atoms with Crippen molar-refractivity contribution >= 4 is 5.71 Å². The predicted octanol–water partition coefficient (Wildman–Crippen LogP) is 5.65. The van der Waals surface area contributed by atoms with E-state index in [9.17, 15) is 0 Å². The van der Waals surface area contributed by atoms with Crippen molar-refractivity contribution in [3.63, 3.8) is 0 Å². The zero-order valence-corrected chi connectivity index (χ0v) is 21.1. The molecule has 6 atom stereocenters. The lowest BCUT2D eigenvalue weighted by atomic mass is 9.45. The summed E-state index contributed by atoms with van der Waals surface area (Å²) in [6.45, 7) is 10.8. The van der Waals surface area contributed by atoms with Gasteiger partial charge in [0, 0.05) is 0 Å². The van der Waals surface area contributed by atoms with Gasteiger partial charge in [0.2, 0.25) is 5.89 Å². The van der Waals surface area contributed by atoms with Crippen LogP contribution in [0.25, 0.3) is 0 Å². The number of hydrogen-bond donors (Lipinski definition) is 0. The van der Waals surface area contributed by atoms with Crippen molar-refractivity contribution in [1.29, 1.82) is 0 Å². The lowest BCUT2D eigenvalue weighted by Gasteiger charge is -2.60. The molecular weight excluding hydrogens is 412 g/mol. The first kappa shape index (κ1) is 23.1. The van der Waals surface area contributed by atoms with Crippen LogP contribution in [-0.4, -0.2) is 41.5 Å². The third-order valence-corrected chi connectivity index (χ3v) is 10.0. The summed E-state index contributed by atoms with van der Waals surface area (Å²) in [5.74, 6) is 4.77. The third-order valence-electron chi connectivity index (χ3n) is 10.0. The minimum absolute atomic E-state index is 0.422. The first-order valence-electron chi connectivity index (χ1n) is 13.1. The average Bonchev–Trinajstić information content (AvgIpc) is 3.34. The molecule has 4 aliphatic carbocycles. The zero-order chi connectivity index (χ0) is 23.2. The van der Waals surface area contributed by atoms with Crippen LogP contribution in [0.4, 0.5) is 0 Å². The SMILES string of the molecule is C=C1CCC2C3CCC4CC(=NOCCc5nc(CN(C)C)no5)CC[C@]4(C)C3CC[C@]12C. The Morgan fingerprint density at radius 3 is 2.79 bits per heavy atom. The molecule has 0 N–H and O–H groups in total. The van der Waals surface area contributed by atoms with Gasteiger partial charge in [0.15, 0.2) is 5.82 Å². The molecule has 33 heavy (non-hydrogen) atoms. The molecule has 0 amide bonds. The molecule has 0 aromatic carbocycles. The second-order valence-electron chi connectivity index (χ2n) is 12.0. The van der Waals surface area contributed by atoms with E-state index < -0.39 is 0 Å². The van der Waals surface area contributed by atoms with Crippen LogP contribution in [0.5, 0.6) is 0 Å². The molecule has 0 spiro atoms. The largest absolute Gasteiger partial charge is 0.395 e. The summed E-state index contributed by atoms with van der Waals surface area (Å²) in [5, 5.41) is 8.58. The van der Waals surface area contributed by atoms with E-state index in [4.69, 9.17) is 9.36 Å². The molecule has 1 aromatic rings. The summed E-state index contributed by atoms with van der Waals surface area (Å²) in [7, 11) is 3.99. The zero-order valence-electron chi connectivity index (χ0n) is 21.1. The van der Waals surface area contributed by atoms with Crippen molar-refractivity contribution < 1.29 is 9.36 Å². The average molecular weight is 455 g/mol. The molecule has 0 aliphatic heterocycles. The number of nitrogens with zero attached hydrogens (tertiary/aromatic N) is 4. The van der Waals surface area contributed by atoms with Gasteiger partial charge in [0.05, 0.1) is 18.7 Å². The molecule has 1 aromatic heterocycles. The fourth-order valence-corrected chi connectivity index (χ4v) is 8.06. The Hall–Kier alpha value is -1.69. The summed E-state index contributed by atoms with van der Waals surface area (Å²) >= 11 is 0. The normalized spacial score (nSPS) is 39.4. The van der Waals surface area contributed by atoms with Crippen molar-refractivity contribution in [2.24, 2.45) is 39.7 Å². The Morgan fingerprint density at radius 2 is 1.97 bits per heavy atom. The highest BCUT2D eigenvalue weighted by molar-refractivity contribution is 5.85. The maximum atomic E-state index is 5.71. The van der Waals surface area contributed by atoms with Gasteiger partial charge in [0.25, 0.3) is 0 Å². The molecule has 4 unspecified atom stereocenters. The molecule has 6 nitrogen and oxygen atoms in total. The standard InChI is InChI=1S/C27H42N4O2/c1-18-6-9-22-21-8-7-19-16-20(10-13-27(19,3)23(21)11-14-26(18,22)2)29-32-15-12-25-28-24(30-33-25)17-31(4)5/h19,21-23H,1,6-17H2,2-5H3/t19?,21?,22?,23?,26-,27+/m1/s1. The number of fused-ring (bicyclic) bond motifs is 5. The molecule has 4 fully saturated rings. The summed E-state index contributed by atoms with van der Waals surface area (Å²) in [6.07, 6.45) is 12.2. The highest BCUT2D eigenvalue weighted by Crippen LogP contribution is 2.66. The van der Waals surface area contributed by atoms with E-state index in [1.807, 2.05) is 19.0 Å². The summed E-state index contributed by atoms with van der Waals surface area (Å²) in [6, 6.07) is 0. The van der Waals surface area contributed by atoms with Crippen LogP contribution < -0.4 is 0 Å². The van der Waals surface area contributed by atoms with E-state index in [-0.39, 0.29) is 0 Å². The molecule has 4 saturated carbocycles. The van der Waals surface area contributed by atoms with Crippen LogP contribution in [0.1, 0.15) is 83.3 Å². The van der Waals surface area contributed by atoms with Crippen molar-refractivity contribution in [3.05, 3.63) is 23.9 Å². The van der Waals surface area contributed by atoms with Crippen LogP contribution in [0.15, 0.2) is 21.8 Å². The lowest BCUT2D eigenvalue weighted by molar-refractivity contribution is -0.0859. The number of oxime groups is 1. The Balaban J connectivity index is 1.16. The Labute approximate surface area is 199 Å². The summed E-state index contributed by atoms with van der Waals surface area (Å²) < 4.78 is 5.31. The third kappa shape index (κ3) is 4.17. The molecule has 0 bridgehead atoms. The molecule has 5 rings (SSSR count). The molecule has 182 valence electrons. The molecule has 1 heterocycles. The fourth-order valence-electron chi connectivity index (χ4n) is 8.06. The molecule has 0 saturated heterocycles. The van der Waals surface area contributed by atoms with E-state index >= 15 is 0 Å². The topological polar surface area (TPSA) is 63.8 Å². The van der Waals surface area contributed by atoms with Crippen LogP contribution in [0.3, 0.4) is 0 Å². The number of allylic oxidation sites excluding steroid dienone is 1. The lowest BCUT2D eigenvalue weighted by Crippen LogP contribution is -2.52. The number of rotatable bonds is 6. The minimum atomic E-state index is 0.422. The Morgan fingerprint density at radius 1 is 1.12 bits per heavy atom. The van der Waals surface area contributed by atoms with Gasteiger partial charge >= 0.3 is 0 Å². The van der Waals surface area contributed by atoms with Crippen molar-refractivity contribution in [3.8, 4) is 0 Å². The predicted molar refractivity (Wildman–Crippen MR) is 130 cm³/mol. The first-order chi connectivity index (χ1) is 15.8. The van der Waals surface area contributed by atoms with E-state index in [2.05, 4.69) is 35.7 Å². The van der Waals surface area contributed by atoms with Gasteiger partial charge in [-0.2, -0.15) is 4.98 Å². The Bertz CT molecular complexity index is 908. The van der Waals surface area contributed by atoms with E-state index in [1.165, 1.54) is 50.7 Å². The van der Waals surface area contributed by atoms with Gasteiger partial charge in [-0.05, 0) is 106 Å². The van der Waals surface area contributed by atoms with Gasteiger partial charge in [-0.3, -0.25) is 0 Å². The fraction of sp³-hybridized carbons (Fsp3) is 0.815. The molecular formula is C27H42N4O2. The second-order valence-corrected chi connectivity index (χ2v) is 12.0. The number of aromatic nitrogens is 2. The van der Waals surface area contributed by atoms with E-state index in [0.717, 1.165) is 36.5 Å². The van der Waals surface area contributed by atoms with Crippen LogP contribution in [0, 0.1) is 34.5 Å². The van der Waals surface area contributed by atoms with E-state index in [1.54, 1.807) is 5.57 Å². The highest BCUT2D eigenvalue weighted by atomic mass is 16.6. The maximum absolute atomic E-state index is 5.71. The van der Waals surface area contributed by atoms with Crippen LogP contribution in [0.2, 0.25) is 0 Å². The van der Waals surface area contributed by atoms with Gasteiger partial charge in [-0.25, -0.2) is 0 Å². The maximum Gasteiger partial charge on any atom is 0.230 e. The minimum Gasteiger partial charge on any atom is -0.395 e. The van der Waals surface area contributed by atoms with Crippen molar-refractivity contribution in [2.75, 3.05) is 20.7 Å². The highest BCUT2D eigenvalue weighted by Gasteiger charge is 2.58. The summed E-state index contributed by atoms with van der Waals surface area (Å²) in [4.78, 5) is 12.1. The van der Waals surface area contributed by atoms with Crippen molar-refractivity contribution in [2.45, 2.75) is 84.6 Å². The Kier molecular flexibility index (Phi) is 6.17. The quantitative estimate of drug-likeness (QED) is 0.316.